The smallest absolute Gasteiger partial charge is 0.325 e. The predicted octanol–water partition coefficient (Wildman–Crippen LogP) is 0.751. The van der Waals surface area contributed by atoms with Crippen LogP contribution in [0.25, 0.3) is 0 Å². The SMILES string of the molecule is CCCN(C)C1CCC(N)(C(=O)OC)C1. The van der Waals surface area contributed by atoms with Gasteiger partial charge in [-0.1, -0.05) is 6.92 Å². The minimum atomic E-state index is -0.749. The van der Waals surface area contributed by atoms with E-state index in [-0.39, 0.29) is 5.97 Å². The lowest BCUT2D eigenvalue weighted by Gasteiger charge is -2.26. The molecule has 2 unspecified atom stereocenters. The molecule has 1 aliphatic rings. The molecule has 0 heterocycles. The standard InChI is InChI=1S/C11H22N2O2/c1-4-7-13(2)9-5-6-11(12,8-9)10(14)15-3/h9H,4-8,12H2,1-3H3. The summed E-state index contributed by atoms with van der Waals surface area (Å²) in [6.07, 6.45) is 3.57. The van der Waals surface area contributed by atoms with Crippen LogP contribution in [-0.2, 0) is 9.53 Å². The van der Waals surface area contributed by atoms with Crippen molar-refractivity contribution < 1.29 is 9.53 Å². The summed E-state index contributed by atoms with van der Waals surface area (Å²) < 4.78 is 4.74. The van der Waals surface area contributed by atoms with Crippen LogP contribution in [0.5, 0.6) is 0 Å². The van der Waals surface area contributed by atoms with Crippen LogP contribution in [0.4, 0.5) is 0 Å². The van der Waals surface area contributed by atoms with Crippen LogP contribution in [0.2, 0.25) is 0 Å². The molecule has 0 amide bonds. The first-order valence-corrected chi connectivity index (χ1v) is 5.61. The summed E-state index contributed by atoms with van der Waals surface area (Å²) >= 11 is 0. The summed E-state index contributed by atoms with van der Waals surface area (Å²) in [5.41, 5.74) is 5.29. The van der Waals surface area contributed by atoms with Crippen LogP contribution in [0.1, 0.15) is 32.6 Å². The van der Waals surface area contributed by atoms with Crippen LogP contribution >= 0.6 is 0 Å². The van der Waals surface area contributed by atoms with E-state index in [2.05, 4.69) is 18.9 Å². The number of rotatable bonds is 4. The van der Waals surface area contributed by atoms with Crippen LogP contribution in [-0.4, -0.2) is 43.2 Å². The summed E-state index contributed by atoms with van der Waals surface area (Å²) in [6.45, 7) is 3.21. The summed E-state index contributed by atoms with van der Waals surface area (Å²) in [6, 6.07) is 0.425. The molecule has 2 N–H and O–H groups in total. The maximum atomic E-state index is 11.5. The van der Waals surface area contributed by atoms with Gasteiger partial charge in [-0.25, -0.2) is 0 Å². The maximum Gasteiger partial charge on any atom is 0.325 e. The minimum absolute atomic E-state index is 0.269. The molecule has 0 bridgehead atoms. The molecular formula is C11H22N2O2. The van der Waals surface area contributed by atoms with Crippen molar-refractivity contribution in [3.63, 3.8) is 0 Å². The Hall–Kier alpha value is -0.610. The fourth-order valence-corrected chi connectivity index (χ4v) is 2.35. The molecule has 4 nitrogen and oxygen atoms in total. The monoisotopic (exact) mass is 214 g/mol. The highest BCUT2D eigenvalue weighted by Crippen LogP contribution is 2.31. The largest absolute Gasteiger partial charge is 0.468 e. The molecule has 0 aromatic carbocycles. The number of carbonyl (C=O) groups excluding carboxylic acids is 1. The first-order valence-electron chi connectivity index (χ1n) is 5.61. The van der Waals surface area contributed by atoms with Gasteiger partial charge in [-0.05, 0) is 39.3 Å². The predicted molar refractivity (Wildman–Crippen MR) is 59.5 cm³/mol. The summed E-state index contributed by atoms with van der Waals surface area (Å²) in [7, 11) is 3.50. The number of esters is 1. The van der Waals surface area contributed by atoms with Gasteiger partial charge in [-0.2, -0.15) is 0 Å². The van der Waals surface area contributed by atoms with E-state index in [0.717, 1.165) is 32.2 Å². The van der Waals surface area contributed by atoms with Gasteiger partial charge in [-0.3, -0.25) is 4.79 Å². The van der Waals surface area contributed by atoms with Gasteiger partial charge in [0.05, 0.1) is 7.11 Å². The molecule has 0 aromatic heterocycles. The Morgan fingerprint density at radius 3 is 2.87 bits per heavy atom. The van der Waals surface area contributed by atoms with Gasteiger partial charge in [0.15, 0.2) is 0 Å². The maximum absolute atomic E-state index is 11.5. The van der Waals surface area contributed by atoms with Gasteiger partial charge >= 0.3 is 5.97 Å². The lowest BCUT2D eigenvalue weighted by Crippen LogP contribution is -2.47. The van der Waals surface area contributed by atoms with E-state index in [4.69, 9.17) is 10.5 Å². The number of ether oxygens (including phenoxy) is 1. The highest BCUT2D eigenvalue weighted by Gasteiger charge is 2.43. The van der Waals surface area contributed by atoms with Crippen molar-refractivity contribution in [1.29, 1.82) is 0 Å². The lowest BCUT2D eigenvalue weighted by molar-refractivity contribution is -0.146. The number of carbonyl (C=O) groups is 1. The summed E-state index contributed by atoms with van der Waals surface area (Å²) in [5, 5.41) is 0. The third-order valence-corrected chi connectivity index (χ3v) is 3.32. The molecule has 2 atom stereocenters. The second-order valence-corrected chi connectivity index (χ2v) is 4.52. The van der Waals surface area contributed by atoms with Gasteiger partial charge in [0, 0.05) is 6.04 Å². The number of methoxy groups -OCH3 is 1. The third kappa shape index (κ3) is 2.69. The Kier molecular flexibility index (Phi) is 4.11. The first kappa shape index (κ1) is 12.5. The third-order valence-electron chi connectivity index (χ3n) is 3.32. The van der Waals surface area contributed by atoms with Crippen LogP contribution in [0, 0.1) is 0 Å². The summed E-state index contributed by atoms with van der Waals surface area (Å²) in [4.78, 5) is 13.8. The van der Waals surface area contributed by atoms with Gasteiger partial charge in [0.25, 0.3) is 0 Å². The highest BCUT2D eigenvalue weighted by atomic mass is 16.5. The second-order valence-electron chi connectivity index (χ2n) is 4.52. The van der Waals surface area contributed by atoms with Crippen molar-refractivity contribution in [2.24, 2.45) is 5.73 Å². The van der Waals surface area contributed by atoms with Gasteiger partial charge in [0.1, 0.15) is 5.54 Å². The molecule has 1 fully saturated rings. The van der Waals surface area contributed by atoms with E-state index < -0.39 is 5.54 Å². The first-order chi connectivity index (χ1) is 7.03. The second kappa shape index (κ2) is 4.94. The van der Waals surface area contributed by atoms with Gasteiger partial charge in [-0.15, -0.1) is 0 Å². The molecule has 4 heteroatoms. The van der Waals surface area contributed by atoms with Crippen molar-refractivity contribution in [2.75, 3.05) is 20.7 Å². The molecule has 0 spiro atoms. The van der Waals surface area contributed by atoms with Crippen LogP contribution in [0.15, 0.2) is 0 Å². The summed E-state index contributed by atoms with van der Waals surface area (Å²) in [5.74, 6) is -0.269. The zero-order valence-electron chi connectivity index (χ0n) is 9.95. The van der Waals surface area contributed by atoms with Gasteiger partial charge < -0.3 is 15.4 Å². The number of nitrogens with zero attached hydrogens (tertiary/aromatic N) is 1. The zero-order valence-corrected chi connectivity index (χ0v) is 9.95. The molecule has 1 saturated carbocycles. The molecule has 1 aliphatic carbocycles. The average molecular weight is 214 g/mol. The number of hydrogen-bond acceptors (Lipinski definition) is 4. The van der Waals surface area contributed by atoms with Crippen LogP contribution < -0.4 is 5.73 Å². The number of hydrogen-bond donors (Lipinski definition) is 1. The van der Waals surface area contributed by atoms with Crippen molar-refractivity contribution >= 4 is 5.97 Å². The molecule has 1 rings (SSSR count). The molecular weight excluding hydrogens is 192 g/mol. The molecule has 0 saturated heterocycles. The van der Waals surface area contributed by atoms with Crippen molar-refractivity contribution in [2.45, 2.75) is 44.2 Å². The van der Waals surface area contributed by atoms with E-state index in [1.54, 1.807) is 0 Å². The average Bonchev–Trinajstić information content (AvgIpc) is 2.61. The van der Waals surface area contributed by atoms with E-state index in [1.807, 2.05) is 0 Å². The lowest BCUT2D eigenvalue weighted by atomic mass is 9.99. The molecule has 15 heavy (non-hydrogen) atoms. The van der Waals surface area contributed by atoms with Gasteiger partial charge in [0.2, 0.25) is 0 Å². The molecule has 0 aromatic rings. The zero-order chi connectivity index (χ0) is 11.5. The van der Waals surface area contributed by atoms with Crippen molar-refractivity contribution in [3.05, 3.63) is 0 Å². The normalized spacial score (nSPS) is 30.9. The van der Waals surface area contributed by atoms with E-state index in [0.29, 0.717) is 6.04 Å². The Morgan fingerprint density at radius 1 is 1.67 bits per heavy atom. The Labute approximate surface area is 91.8 Å². The fraction of sp³-hybridized carbons (Fsp3) is 0.909. The number of nitrogens with two attached hydrogens (primary N) is 1. The Bertz CT molecular complexity index is 233. The van der Waals surface area contributed by atoms with Crippen molar-refractivity contribution in [3.8, 4) is 0 Å². The van der Waals surface area contributed by atoms with E-state index >= 15 is 0 Å². The Balaban J connectivity index is 2.54. The van der Waals surface area contributed by atoms with Crippen molar-refractivity contribution in [1.82, 2.24) is 4.90 Å². The topological polar surface area (TPSA) is 55.6 Å². The molecule has 0 radical (unpaired) electrons. The van der Waals surface area contributed by atoms with Crippen LogP contribution in [0.3, 0.4) is 0 Å². The highest BCUT2D eigenvalue weighted by molar-refractivity contribution is 5.81. The Morgan fingerprint density at radius 2 is 2.33 bits per heavy atom. The molecule has 0 aliphatic heterocycles. The molecule has 88 valence electrons. The van der Waals surface area contributed by atoms with E-state index in [1.165, 1.54) is 7.11 Å². The fourth-order valence-electron chi connectivity index (χ4n) is 2.35. The van der Waals surface area contributed by atoms with E-state index in [9.17, 15) is 4.79 Å². The quantitative estimate of drug-likeness (QED) is 0.702. The minimum Gasteiger partial charge on any atom is -0.468 e.